The molecule has 0 N–H and O–H groups in total. The zero-order chi connectivity index (χ0) is 13.1. The number of hydrogen-bond donors (Lipinski definition) is 0. The first-order valence-electron chi connectivity index (χ1n) is 6.88. The van der Waals surface area contributed by atoms with E-state index in [4.69, 9.17) is 0 Å². The fourth-order valence-corrected chi connectivity index (χ4v) is 3.19. The van der Waals surface area contributed by atoms with Gasteiger partial charge in [-0.1, -0.05) is 12.8 Å². The van der Waals surface area contributed by atoms with Gasteiger partial charge in [-0.25, -0.2) is 0 Å². The summed E-state index contributed by atoms with van der Waals surface area (Å²) in [6.45, 7) is 4.97. The van der Waals surface area contributed by atoms with Gasteiger partial charge in [0.15, 0.2) is 0 Å². The molecule has 0 aromatic carbocycles. The number of nitrogens with zero attached hydrogens (tertiary/aromatic N) is 2. The highest BCUT2D eigenvalue weighted by Gasteiger charge is 2.24. The third-order valence-corrected chi connectivity index (χ3v) is 4.86. The van der Waals surface area contributed by atoms with E-state index in [-0.39, 0.29) is 5.92 Å². The van der Waals surface area contributed by atoms with Crippen molar-refractivity contribution in [2.75, 3.05) is 0 Å². The zero-order valence-corrected chi connectivity index (χ0v) is 12.8. The van der Waals surface area contributed by atoms with Crippen molar-refractivity contribution in [3.63, 3.8) is 0 Å². The highest BCUT2D eigenvalue weighted by atomic mass is 79.9. The summed E-state index contributed by atoms with van der Waals surface area (Å²) in [4.78, 5) is 12.1. The molecule has 0 radical (unpaired) electrons. The molecule has 100 valence electrons. The summed E-state index contributed by atoms with van der Waals surface area (Å²) in [6.07, 6.45) is 6.11. The molecule has 0 bridgehead atoms. The Hall–Kier alpha value is -0.640. The van der Waals surface area contributed by atoms with Crippen LogP contribution in [0.4, 0.5) is 0 Å². The highest BCUT2D eigenvalue weighted by molar-refractivity contribution is 9.10. The molecular weight excluding hydrogens is 292 g/mol. The van der Waals surface area contributed by atoms with Gasteiger partial charge in [0.1, 0.15) is 5.78 Å². The molecule has 18 heavy (non-hydrogen) atoms. The number of hydrogen-bond acceptors (Lipinski definition) is 2. The molecule has 2 rings (SSSR count). The van der Waals surface area contributed by atoms with Crippen LogP contribution in [0.5, 0.6) is 0 Å². The highest BCUT2D eigenvalue weighted by Crippen LogP contribution is 2.28. The Bertz CT molecular complexity index is 439. The van der Waals surface area contributed by atoms with Crippen LogP contribution in [-0.2, 0) is 17.8 Å². The van der Waals surface area contributed by atoms with Crippen LogP contribution in [0.2, 0.25) is 0 Å². The second-order valence-corrected chi connectivity index (χ2v) is 5.92. The third kappa shape index (κ3) is 2.85. The largest absolute Gasteiger partial charge is 0.299 e. The molecule has 1 fully saturated rings. The van der Waals surface area contributed by atoms with Crippen LogP contribution in [0, 0.1) is 12.8 Å². The number of halogens is 1. The van der Waals surface area contributed by atoms with Gasteiger partial charge in [0.05, 0.1) is 15.9 Å². The Kier molecular flexibility index (Phi) is 4.60. The van der Waals surface area contributed by atoms with E-state index >= 15 is 0 Å². The van der Waals surface area contributed by atoms with E-state index in [0.29, 0.717) is 5.78 Å². The molecule has 1 saturated carbocycles. The lowest BCUT2D eigenvalue weighted by Gasteiger charge is -2.14. The molecule has 0 aliphatic heterocycles. The maximum atomic E-state index is 12.1. The normalized spacial score (nSPS) is 21.1. The molecule has 3 nitrogen and oxygen atoms in total. The first-order chi connectivity index (χ1) is 8.63. The van der Waals surface area contributed by atoms with E-state index in [9.17, 15) is 4.79 Å². The minimum atomic E-state index is 0.199. The van der Waals surface area contributed by atoms with Gasteiger partial charge in [0, 0.05) is 25.3 Å². The summed E-state index contributed by atoms with van der Waals surface area (Å²) in [5, 5.41) is 4.50. The number of aromatic nitrogens is 2. The van der Waals surface area contributed by atoms with Crippen molar-refractivity contribution in [3.05, 3.63) is 15.9 Å². The van der Waals surface area contributed by atoms with Crippen LogP contribution in [0.25, 0.3) is 0 Å². The molecule has 1 aliphatic carbocycles. The molecule has 0 spiro atoms. The molecule has 1 heterocycles. The minimum Gasteiger partial charge on any atom is -0.299 e. The van der Waals surface area contributed by atoms with Gasteiger partial charge in [0.2, 0.25) is 0 Å². The van der Waals surface area contributed by atoms with Crippen molar-refractivity contribution < 1.29 is 4.79 Å². The summed E-state index contributed by atoms with van der Waals surface area (Å²) in [6, 6.07) is 0. The van der Waals surface area contributed by atoms with Crippen LogP contribution >= 0.6 is 15.9 Å². The van der Waals surface area contributed by atoms with Gasteiger partial charge < -0.3 is 0 Å². The van der Waals surface area contributed by atoms with Crippen LogP contribution in [0.3, 0.4) is 0 Å². The predicted octanol–water partition coefficient (Wildman–Crippen LogP) is 3.67. The average Bonchev–Trinajstić information content (AvgIpc) is 2.53. The topological polar surface area (TPSA) is 34.9 Å². The van der Waals surface area contributed by atoms with E-state index in [1.54, 1.807) is 0 Å². The summed E-state index contributed by atoms with van der Waals surface area (Å²) >= 11 is 3.61. The number of rotatable bonds is 3. The Balaban J connectivity index is 2.19. The summed E-state index contributed by atoms with van der Waals surface area (Å²) in [5.74, 6) is 0.645. The SMILES string of the molecule is CCn1nc(C)c(Br)c1CC1CCCCCC1=O. The number of carbonyl (C=O) groups is 1. The Labute approximate surface area is 117 Å². The van der Waals surface area contributed by atoms with Crippen molar-refractivity contribution in [3.8, 4) is 0 Å². The van der Waals surface area contributed by atoms with Crippen molar-refractivity contribution in [1.82, 2.24) is 9.78 Å². The molecule has 1 unspecified atom stereocenters. The number of ketones is 1. The number of aryl methyl sites for hydroxylation is 2. The summed E-state index contributed by atoms with van der Waals surface area (Å²) in [5.41, 5.74) is 2.21. The van der Waals surface area contributed by atoms with Crippen LogP contribution in [0.15, 0.2) is 4.47 Å². The van der Waals surface area contributed by atoms with Crippen molar-refractivity contribution >= 4 is 21.7 Å². The molecule has 0 saturated heterocycles. The third-order valence-electron chi connectivity index (χ3n) is 3.82. The Morgan fingerprint density at radius 2 is 2.17 bits per heavy atom. The van der Waals surface area contributed by atoms with Crippen molar-refractivity contribution in [1.29, 1.82) is 0 Å². The maximum Gasteiger partial charge on any atom is 0.136 e. The van der Waals surface area contributed by atoms with E-state index in [1.165, 1.54) is 18.5 Å². The lowest BCUT2D eigenvalue weighted by Crippen LogP contribution is -2.18. The Morgan fingerprint density at radius 3 is 2.89 bits per heavy atom. The fraction of sp³-hybridized carbons (Fsp3) is 0.714. The quantitative estimate of drug-likeness (QED) is 0.798. The van der Waals surface area contributed by atoms with Gasteiger partial charge in [0.25, 0.3) is 0 Å². The predicted molar refractivity (Wildman–Crippen MR) is 75.6 cm³/mol. The van der Waals surface area contributed by atoms with Crippen molar-refractivity contribution in [2.45, 2.75) is 58.9 Å². The lowest BCUT2D eigenvalue weighted by molar-refractivity contribution is -0.122. The zero-order valence-electron chi connectivity index (χ0n) is 11.2. The first kappa shape index (κ1) is 13.8. The average molecular weight is 313 g/mol. The molecule has 0 amide bonds. The van der Waals surface area contributed by atoms with Gasteiger partial charge >= 0.3 is 0 Å². The minimum absolute atomic E-state index is 0.199. The van der Waals surface area contributed by atoms with Gasteiger partial charge in [-0.2, -0.15) is 5.10 Å². The number of Topliss-reactive ketones (excluding diaryl/α,β-unsaturated/α-hetero) is 1. The second kappa shape index (κ2) is 6.00. The van der Waals surface area contributed by atoms with Crippen molar-refractivity contribution in [2.24, 2.45) is 5.92 Å². The summed E-state index contributed by atoms with van der Waals surface area (Å²) in [7, 11) is 0. The fourth-order valence-electron chi connectivity index (χ4n) is 2.75. The van der Waals surface area contributed by atoms with Gasteiger partial charge in [-0.3, -0.25) is 9.48 Å². The van der Waals surface area contributed by atoms with Crippen LogP contribution in [0.1, 0.15) is 50.4 Å². The van der Waals surface area contributed by atoms with E-state index in [0.717, 1.165) is 42.4 Å². The molecule has 1 aromatic heterocycles. The lowest BCUT2D eigenvalue weighted by atomic mass is 9.93. The molecule has 1 aromatic rings. The molecule has 1 atom stereocenters. The van der Waals surface area contributed by atoms with Gasteiger partial charge in [-0.15, -0.1) is 0 Å². The second-order valence-electron chi connectivity index (χ2n) is 5.13. The van der Waals surface area contributed by atoms with Crippen LogP contribution < -0.4 is 0 Å². The molecule has 4 heteroatoms. The first-order valence-corrected chi connectivity index (χ1v) is 7.67. The van der Waals surface area contributed by atoms with E-state index in [2.05, 4.69) is 28.0 Å². The molecular formula is C14H21BrN2O. The Morgan fingerprint density at radius 1 is 1.39 bits per heavy atom. The maximum absolute atomic E-state index is 12.1. The molecule has 1 aliphatic rings. The van der Waals surface area contributed by atoms with E-state index < -0.39 is 0 Å². The van der Waals surface area contributed by atoms with Crippen LogP contribution in [-0.4, -0.2) is 15.6 Å². The number of carbonyl (C=O) groups excluding carboxylic acids is 1. The standard InChI is InChI=1S/C14H21BrN2O/c1-3-17-12(14(15)10(2)16-17)9-11-7-5-4-6-8-13(11)18/h11H,3-9H2,1-2H3. The van der Waals surface area contributed by atoms with Gasteiger partial charge in [-0.05, 0) is 42.6 Å². The monoisotopic (exact) mass is 312 g/mol. The smallest absolute Gasteiger partial charge is 0.136 e. The summed E-state index contributed by atoms with van der Waals surface area (Å²) < 4.78 is 3.11. The van der Waals surface area contributed by atoms with E-state index in [1.807, 2.05) is 11.6 Å².